The Kier molecular flexibility index (Phi) is 3.97. The summed E-state index contributed by atoms with van der Waals surface area (Å²) in [4.78, 5) is 27.2. The van der Waals surface area contributed by atoms with Crippen LogP contribution in [0.1, 0.15) is 37.0 Å². The predicted molar refractivity (Wildman–Crippen MR) is 83.6 cm³/mol. The molecule has 0 radical (unpaired) electrons. The summed E-state index contributed by atoms with van der Waals surface area (Å²) in [6, 6.07) is 3.76. The Labute approximate surface area is 133 Å². The van der Waals surface area contributed by atoms with E-state index < -0.39 is 0 Å². The predicted octanol–water partition coefficient (Wildman–Crippen LogP) is 2.63. The molecule has 21 heavy (non-hydrogen) atoms. The smallest absolute Gasteiger partial charge is 0.230 e. The second-order valence-corrected chi connectivity index (χ2v) is 7.93. The van der Waals surface area contributed by atoms with Gasteiger partial charge in [0.05, 0.1) is 10.3 Å². The van der Waals surface area contributed by atoms with Crippen LogP contribution in [0, 0.1) is 5.41 Å². The van der Waals surface area contributed by atoms with Crippen molar-refractivity contribution >= 4 is 34.8 Å². The van der Waals surface area contributed by atoms with E-state index in [1.54, 1.807) is 0 Å². The third-order valence-electron chi connectivity index (χ3n) is 4.56. The summed E-state index contributed by atoms with van der Waals surface area (Å²) in [6.45, 7) is 4.12. The molecule has 114 valence electrons. The molecule has 6 heteroatoms. The van der Waals surface area contributed by atoms with Gasteiger partial charge in [0, 0.05) is 36.3 Å². The first kappa shape index (κ1) is 14.9. The van der Waals surface area contributed by atoms with Crippen molar-refractivity contribution in [2.75, 3.05) is 19.6 Å². The second-order valence-electron chi connectivity index (χ2n) is 6.18. The van der Waals surface area contributed by atoms with E-state index in [2.05, 4.69) is 5.32 Å². The lowest BCUT2D eigenvalue weighted by atomic mass is 9.79. The van der Waals surface area contributed by atoms with Gasteiger partial charge in [-0.15, -0.1) is 11.3 Å². The van der Waals surface area contributed by atoms with Crippen molar-refractivity contribution in [1.82, 2.24) is 10.2 Å². The van der Waals surface area contributed by atoms with Gasteiger partial charge in [-0.3, -0.25) is 9.59 Å². The van der Waals surface area contributed by atoms with E-state index in [0.717, 1.165) is 24.3 Å². The maximum absolute atomic E-state index is 12.7. The molecule has 2 saturated heterocycles. The van der Waals surface area contributed by atoms with Gasteiger partial charge in [-0.25, -0.2) is 0 Å². The summed E-state index contributed by atoms with van der Waals surface area (Å²) in [5.74, 6) is 0.0945. The number of nitrogens with one attached hydrogen (secondary N) is 1. The molecule has 3 rings (SSSR count). The quantitative estimate of drug-likeness (QED) is 0.908. The van der Waals surface area contributed by atoms with Gasteiger partial charge in [0.15, 0.2) is 0 Å². The monoisotopic (exact) mass is 326 g/mol. The van der Waals surface area contributed by atoms with Crippen LogP contribution in [0.4, 0.5) is 0 Å². The molecule has 0 unspecified atom stereocenters. The lowest BCUT2D eigenvalue weighted by Gasteiger charge is -2.40. The largest absolute Gasteiger partial charge is 0.355 e. The zero-order valence-corrected chi connectivity index (χ0v) is 13.6. The van der Waals surface area contributed by atoms with Crippen LogP contribution in [-0.4, -0.2) is 36.3 Å². The van der Waals surface area contributed by atoms with Gasteiger partial charge in [0.2, 0.25) is 11.8 Å². The molecule has 2 aliphatic heterocycles. The minimum Gasteiger partial charge on any atom is -0.355 e. The van der Waals surface area contributed by atoms with Gasteiger partial charge in [-0.05, 0) is 31.9 Å². The number of halogens is 1. The first-order chi connectivity index (χ1) is 9.99. The van der Waals surface area contributed by atoms with Crippen molar-refractivity contribution in [3.05, 3.63) is 21.3 Å². The highest BCUT2D eigenvalue weighted by molar-refractivity contribution is 7.16. The average Bonchev–Trinajstić information content (AvgIpc) is 3.04. The van der Waals surface area contributed by atoms with Crippen LogP contribution >= 0.6 is 22.9 Å². The second kappa shape index (κ2) is 5.61. The molecule has 1 spiro atoms. The summed E-state index contributed by atoms with van der Waals surface area (Å²) >= 11 is 7.42. The molecule has 3 heterocycles. The van der Waals surface area contributed by atoms with Crippen molar-refractivity contribution in [2.24, 2.45) is 5.41 Å². The molecule has 0 aliphatic carbocycles. The highest BCUT2D eigenvalue weighted by Gasteiger charge is 2.43. The number of rotatable bonds is 2. The van der Waals surface area contributed by atoms with Crippen molar-refractivity contribution < 1.29 is 9.59 Å². The minimum atomic E-state index is -0.164. The van der Waals surface area contributed by atoms with Gasteiger partial charge in [0.25, 0.3) is 0 Å². The fraction of sp³-hybridized carbons (Fsp3) is 0.600. The first-order valence-electron chi connectivity index (χ1n) is 7.30. The Hall–Kier alpha value is -1.07. The van der Waals surface area contributed by atoms with E-state index in [-0.39, 0.29) is 23.1 Å². The number of carbonyl (C=O) groups is 2. The van der Waals surface area contributed by atoms with Gasteiger partial charge in [-0.1, -0.05) is 11.6 Å². The molecule has 0 bridgehead atoms. The first-order valence-corrected chi connectivity index (χ1v) is 8.49. The summed E-state index contributed by atoms with van der Waals surface area (Å²) in [7, 11) is 0. The molecular weight excluding hydrogens is 308 g/mol. The Bertz CT molecular complexity index is 574. The Balaban J connectivity index is 1.71. The number of amides is 2. The van der Waals surface area contributed by atoms with E-state index in [1.807, 2.05) is 24.0 Å². The molecule has 1 N–H and O–H groups in total. The third-order valence-corrected chi connectivity index (χ3v) is 5.97. The molecule has 2 aliphatic rings. The lowest BCUT2D eigenvalue weighted by Crippen LogP contribution is -2.48. The van der Waals surface area contributed by atoms with E-state index in [4.69, 9.17) is 11.6 Å². The highest BCUT2D eigenvalue weighted by Crippen LogP contribution is 2.37. The molecular formula is C15H19ClN2O2S. The number of likely N-dealkylation sites (tertiary alicyclic amines) is 1. The number of nitrogens with zero attached hydrogens (tertiary/aromatic N) is 1. The maximum Gasteiger partial charge on any atom is 0.230 e. The molecule has 1 aromatic rings. The SMILES string of the molecule is C[C@H](C(=O)N1CCC[C@]2(CNC(=O)C2)C1)c1ccc(Cl)s1. The average molecular weight is 327 g/mol. The van der Waals surface area contributed by atoms with Crippen molar-refractivity contribution in [3.63, 3.8) is 0 Å². The molecule has 0 saturated carbocycles. The summed E-state index contributed by atoms with van der Waals surface area (Å²) in [5, 5.41) is 2.91. The third kappa shape index (κ3) is 2.94. The fourth-order valence-electron chi connectivity index (χ4n) is 3.39. The van der Waals surface area contributed by atoms with E-state index in [9.17, 15) is 9.59 Å². The Morgan fingerprint density at radius 1 is 1.52 bits per heavy atom. The number of hydrogen-bond donors (Lipinski definition) is 1. The maximum atomic E-state index is 12.7. The van der Waals surface area contributed by atoms with Crippen LogP contribution in [0.3, 0.4) is 0 Å². The molecule has 2 fully saturated rings. The normalized spacial score (nSPS) is 27.0. The van der Waals surface area contributed by atoms with Crippen LogP contribution in [-0.2, 0) is 9.59 Å². The van der Waals surface area contributed by atoms with Crippen LogP contribution in [0.2, 0.25) is 4.34 Å². The van der Waals surface area contributed by atoms with Crippen molar-refractivity contribution in [3.8, 4) is 0 Å². The number of thiophene rings is 1. The molecule has 0 aromatic carbocycles. The number of piperidine rings is 1. The minimum absolute atomic E-state index is 0.0438. The zero-order valence-electron chi connectivity index (χ0n) is 12.0. The van der Waals surface area contributed by atoms with Gasteiger partial charge >= 0.3 is 0 Å². The summed E-state index contributed by atoms with van der Waals surface area (Å²) < 4.78 is 0.713. The van der Waals surface area contributed by atoms with Crippen LogP contribution in [0.25, 0.3) is 0 Å². The number of hydrogen-bond acceptors (Lipinski definition) is 3. The van der Waals surface area contributed by atoms with Gasteiger partial charge in [0.1, 0.15) is 0 Å². The molecule has 2 amide bonds. The van der Waals surface area contributed by atoms with Crippen LogP contribution in [0.5, 0.6) is 0 Å². The van der Waals surface area contributed by atoms with E-state index in [0.29, 0.717) is 23.8 Å². The van der Waals surface area contributed by atoms with Crippen LogP contribution in [0.15, 0.2) is 12.1 Å². The lowest BCUT2D eigenvalue weighted by molar-refractivity contribution is -0.136. The standard InChI is InChI=1S/C15H19ClN2O2S/c1-10(11-3-4-12(16)21-11)14(20)18-6-2-5-15(9-18)7-13(19)17-8-15/h3-4,10H,2,5-9H2,1H3,(H,17,19)/t10-,15-/m0/s1. The number of carbonyl (C=O) groups excluding carboxylic acids is 2. The van der Waals surface area contributed by atoms with Crippen LogP contribution < -0.4 is 5.32 Å². The molecule has 1 aromatic heterocycles. The van der Waals surface area contributed by atoms with Gasteiger partial charge in [-0.2, -0.15) is 0 Å². The summed E-state index contributed by atoms with van der Waals surface area (Å²) in [6.07, 6.45) is 2.54. The van der Waals surface area contributed by atoms with Gasteiger partial charge < -0.3 is 10.2 Å². The van der Waals surface area contributed by atoms with E-state index >= 15 is 0 Å². The van der Waals surface area contributed by atoms with Crippen molar-refractivity contribution in [1.29, 1.82) is 0 Å². The topological polar surface area (TPSA) is 49.4 Å². The Morgan fingerprint density at radius 3 is 2.95 bits per heavy atom. The highest BCUT2D eigenvalue weighted by atomic mass is 35.5. The molecule has 4 nitrogen and oxygen atoms in total. The Morgan fingerprint density at radius 2 is 2.33 bits per heavy atom. The van der Waals surface area contributed by atoms with Crippen molar-refractivity contribution in [2.45, 2.75) is 32.1 Å². The fourth-order valence-corrected chi connectivity index (χ4v) is 4.50. The van der Waals surface area contributed by atoms with E-state index in [1.165, 1.54) is 11.3 Å². The zero-order chi connectivity index (χ0) is 15.0. The summed E-state index contributed by atoms with van der Waals surface area (Å²) in [5.41, 5.74) is -0.0438. The molecule has 2 atom stereocenters.